The highest BCUT2D eigenvalue weighted by Gasteiger charge is 2.07. The van der Waals surface area contributed by atoms with Gasteiger partial charge in [0.25, 0.3) is 0 Å². The fourth-order valence-electron chi connectivity index (χ4n) is 2.00. The van der Waals surface area contributed by atoms with E-state index in [9.17, 15) is 8.78 Å². The lowest BCUT2D eigenvalue weighted by Gasteiger charge is -2.15. The van der Waals surface area contributed by atoms with Crippen molar-refractivity contribution in [3.8, 4) is 0 Å². The van der Waals surface area contributed by atoms with Gasteiger partial charge >= 0.3 is 0 Å². The first kappa shape index (κ1) is 14.9. The standard InChI is InChI=1S/C15H23F2N/c1-3-4-5-6-7-8-12(2)18-15-10-9-13(16)11-14(15)17/h9-12,18H,3-8H2,1-2H3. The molecule has 102 valence electrons. The summed E-state index contributed by atoms with van der Waals surface area (Å²) in [6.07, 6.45) is 7.19. The van der Waals surface area contributed by atoms with E-state index in [1.807, 2.05) is 6.92 Å². The zero-order valence-corrected chi connectivity index (χ0v) is 11.3. The first-order valence-electron chi connectivity index (χ1n) is 6.85. The van der Waals surface area contributed by atoms with Crippen molar-refractivity contribution in [2.45, 2.75) is 58.4 Å². The number of nitrogens with one attached hydrogen (secondary N) is 1. The van der Waals surface area contributed by atoms with Gasteiger partial charge in [-0.2, -0.15) is 0 Å². The lowest BCUT2D eigenvalue weighted by molar-refractivity contribution is 0.567. The molecule has 1 atom stereocenters. The van der Waals surface area contributed by atoms with Crippen LogP contribution in [-0.2, 0) is 0 Å². The van der Waals surface area contributed by atoms with E-state index in [2.05, 4.69) is 12.2 Å². The first-order valence-corrected chi connectivity index (χ1v) is 6.85. The number of hydrogen-bond acceptors (Lipinski definition) is 1. The summed E-state index contributed by atoms with van der Waals surface area (Å²) >= 11 is 0. The molecule has 0 radical (unpaired) electrons. The third-order valence-corrected chi connectivity index (χ3v) is 3.07. The molecule has 0 fully saturated rings. The molecule has 0 aliphatic heterocycles. The number of anilines is 1. The molecule has 0 amide bonds. The molecule has 1 nitrogen and oxygen atoms in total. The predicted octanol–water partition coefficient (Wildman–Crippen LogP) is 5.13. The maximum absolute atomic E-state index is 13.4. The molecule has 1 aromatic carbocycles. The van der Waals surface area contributed by atoms with Gasteiger partial charge in [-0.15, -0.1) is 0 Å². The van der Waals surface area contributed by atoms with E-state index < -0.39 is 11.6 Å². The molecule has 1 rings (SSSR count). The van der Waals surface area contributed by atoms with Gasteiger partial charge in [-0.05, 0) is 25.5 Å². The number of halogens is 2. The van der Waals surface area contributed by atoms with E-state index in [1.54, 1.807) is 0 Å². The smallest absolute Gasteiger partial charge is 0.149 e. The minimum atomic E-state index is -0.537. The van der Waals surface area contributed by atoms with Gasteiger partial charge in [-0.25, -0.2) is 8.78 Å². The van der Waals surface area contributed by atoms with Gasteiger partial charge in [0.1, 0.15) is 11.6 Å². The Morgan fingerprint density at radius 1 is 1.11 bits per heavy atom. The van der Waals surface area contributed by atoms with E-state index in [0.29, 0.717) is 5.69 Å². The van der Waals surface area contributed by atoms with Crippen molar-refractivity contribution >= 4 is 5.69 Å². The molecule has 1 N–H and O–H groups in total. The number of rotatable bonds is 8. The molecule has 0 aliphatic carbocycles. The second-order valence-corrected chi connectivity index (χ2v) is 4.87. The van der Waals surface area contributed by atoms with Gasteiger partial charge < -0.3 is 5.32 Å². The molecule has 0 bridgehead atoms. The van der Waals surface area contributed by atoms with Crippen LogP contribution in [0.2, 0.25) is 0 Å². The van der Waals surface area contributed by atoms with Crippen LogP contribution in [0.15, 0.2) is 18.2 Å². The minimum Gasteiger partial charge on any atom is -0.380 e. The Morgan fingerprint density at radius 3 is 2.50 bits per heavy atom. The second kappa shape index (κ2) is 8.06. The molecule has 18 heavy (non-hydrogen) atoms. The third-order valence-electron chi connectivity index (χ3n) is 3.07. The SMILES string of the molecule is CCCCCCCC(C)Nc1ccc(F)cc1F. The van der Waals surface area contributed by atoms with E-state index >= 15 is 0 Å². The summed E-state index contributed by atoms with van der Waals surface area (Å²) in [6, 6.07) is 3.86. The first-order chi connectivity index (χ1) is 8.63. The Bertz CT molecular complexity index is 352. The van der Waals surface area contributed by atoms with Crippen LogP contribution in [0.1, 0.15) is 52.4 Å². The Morgan fingerprint density at radius 2 is 1.83 bits per heavy atom. The maximum atomic E-state index is 13.4. The van der Waals surface area contributed by atoms with Gasteiger partial charge in [0.15, 0.2) is 0 Å². The van der Waals surface area contributed by atoms with Crippen LogP contribution in [0.3, 0.4) is 0 Å². The Kier molecular flexibility index (Phi) is 6.69. The molecule has 0 spiro atoms. The van der Waals surface area contributed by atoms with Crippen LogP contribution in [-0.4, -0.2) is 6.04 Å². The van der Waals surface area contributed by atoms with Crippen molar-refractivity contribution in [1.29, 1.82) is 0 Å². The third kappa shape index (κ3) is 5.48. The van der Waals surface area contributed by atoms with E-state index in [-0.39, 0.29) is 6.04 Å². The Balaban J connectivity index is 2.28. The van der Waals surface area contributed by atoms with Crippen molar-refractivity contribution in [3.63, 3.8) is 0 Å². The highest BCUT2D eigenvalue weighted by atomic mass is 19.1. The van der Waals surface area contributed by atoms with E-state index in [4.69, 9.17) is 0 Å². The van der Waals surface area contributed by atoms with Crippen LogP contribution in [0.5, 0.6) is 0 Å². The zero-order chi connectivity index (χ0) is 13.4. The number of unbranched alkanes of at least 4 members (excludes halogenated alkanes) is 4. The molecule has 0 saturated heterocycles. The quantitative estimate of drug-likeness (QED) is 0.635. The summed E-state index contributed by atoms with van der Waals surface area (Å²) in [5, 5.41) is 3.09. The van der Waals surface area contributed by atoms with Gasteiger partial charge in [0.2, 0.25) is 0 Å². The van der Waals surface area contributed by atoms with Gasteiger partial charge in [0.05, 0.1) is 5.69 Å². The van der Waals surface area contributed by atoms with Crippen LogP contribution < -0.4 is 5.32 Å². The average Bonchev–Trinajstić information content (AvgIpc) is 2.32. The fourth-order valence-corrected chi connectivity index (χ4v) is 2.00. The van der Waals surface area contributed by atoms with E-state index in [1.165, 1.54) is 37.8 Å². The fraction of sp³-hybridized carbons (Fsp3) is 0.600. The summed E-state index contributed by atoms with van der Waals surface area (Å²) < 4.78 is 26.1. The molecule has 3 heteroatoms. The van der Waals surface area contributed by atoms with Crippen LogP contribution in [0.25, 0.3) is 0 Å². The Labute approximate surface area is 109 Å². The van der Waals surface area contributed by atoms with Crippen molar-refractivity contribution in [2.24, 2.45) is 0 Å². The largest absolute Gasteiger partial charge is 0.380 e. The Hall–Kier alpha value is -1.12. The molecule has 0 heterocycles. The normalized spacial score (nSPS) is 12.4. The summed E-state index contributed by atoms with van der Waals surface area (Å²) in [4.78, 5) is 0. The molecule has 0 aliphatic rings. The maximum Gasteiger partial charge on any atom is 0.149 e. The van der Waals surface area contributed by atoms with Crippen LogP contribution in [0, 0.1) is 11.6 Å². The molecule has 1 unspecified atom stereocenters. The highest BCUT2D eigenvalue weighted by Crippen LogP contribution is 2.17. The van der Waals surface area contributed by atoms with Gasteiger partial charge in [0, 0.05) is 12.1 Å². The van der Waals surface area contributed by atoms with E-state index in [0.717, 1.165) is 18.9 Å². The summed E-state index contributed by atoms with van der Waals surface area (Å²) in [5.41, 5.74) is 0.387. The summed E-state index contributed by atoms with van der Waals surface area (Å²) in [6.45, 7) is 4.23. The van der Waals surface area contributed by atoms with Crippen molar-refractivity contribution < 1.29 is 8.78 Å². The summed E-state index contributed by atoms with van der Waals surface area (Å²) in [7, 11) is 0. The summed E-state index contributed by atoms with van der Waals surface area (Å²) in [5.74, 6) is -1.06. The van der Waals surface area contributed by atoms with Crippen molar-refractivity contribution in [3.05, 3.63) is 29.8 Å². The minimum absolute atomic E-state index is 0.214. The molecular formula is C15H23F2N. The van der Waals surface area contributed by atoms with Crippen molar-refractivity contribution in [1.82, 2.24) is 0 Å². The molecule has 0 saturated carbocycles. The highest BCUT2D eigenvalue weighted by molar-refractivity contribution is 5.45. The molecular weight excluding hydrogens is 232 g/mol. The van der Waals surface area contributed by atoms with Gasteiger partial charge in [-0.1, -0.05) is 39.0 Å². The average molecular weight is 255 g/mol. The van der Waals surface area contributed by atoms with Crippen molar-refractivity contribution in [2.75, 3.05) is 5.32 Å². The lowest BCUT2D eigenvalue weighted by atomic mass is 10.1. The zero-order valence-electron chi connectivity index (χ0n) is 11.3. The predicted molar refractivity (Wildman–Crippen MR) is 72.8 cm³/mol. The number of benzene rings is 1. The second-order valence-electron chi connectivity index (χ2n) is 4.87. The molecule has 1 aromatic rings. The topological polar surface area (TPSA) is 12.0 Å². The van der Waals surface area contributed by atoms with Crippen LogP contribution in [0.4, 0.5) is 14.5 Å². The lowest BCUT2D eigenvalue weighted by Crippen LogP contribution is -2.15. The monoisotopic (exact) mass is 255 g/mol. The van der Waals surface area contributed by atoms with Gasteiger partial charge in [-0.3, -0.25) is 0 Å². The van der Waals surface area contributed by atoms with Crippen LogP contribution >= 0.6 is 0 Å². The molecule has 0 aromatic heterocycles. The number of hydrogen-bond donors (Lipinski definition) is 1.